The van der Waals surface area contributed by atoms with Gasteiger partial charge in [0, 0.05) is 11.9 Å². The van der Waals surface area contributed by atoms with Crippen LogP contribution in [0.1, 0.15) is 30.0 Å². The molecule has 16 heavy (non-hydrogen) atoms. The van der Waals surface area contributed by atoms with Gasteiger partial charge in [-0.15, -0.1) is 0 Å². The van der Waals surface area contributed by atoms with Gasteiger partial charge in [0.25, 0.3) is 0 Å². The fourth-order valence-electron chi connectivity index (χ4n) is 1.52. The van der Waals surface area contributed by atoms with Crippen LogP contribution in [0.25, 0.3) is 5.82 Å². The van der Waals surface area contributed by atoms with Crippen LogP contribution in [0.3, 0.4) is 0 Å². The van der Waals surface area contributed by atoms with E-state index in [1.165, 1.54) is 0 Å². The lowest BCUT2D eigenvalue weighted by Crippen LogP contribution is -2.00. The molecule has 0 aliphatic carbocycles. The number of aryl methyl sites for hydroxylation is 1. The number of aromatic nitrogens is 3. The molecular formula is C12H15N3O. The van der Waals surface area contributed by atoms with Crippen molar-refractivity contribution in [3.8, 4) is 5.82 Å². The van der Waals surface area contributed by atoms with Crippen molar-refractivity contribution in [2.75, 3.05) is 0 Å². The molecule has 0 radical (unpaired) electrons. The van der Waals surface area contributed by atoms with Gasteiger partial charge in [0.2, 0.25) is 0 Å². The molecule has 0 aromatic carbocycles. The molecule has 0 aliphatic rings. The van der Waals surface area contributed by atoms with Crippen LogP contribution in [0.15, 0.2) is 24.7 Å². The largest absolute Gasteiger partial charge is 0.389 e. The zero-order valence-corrected chi connectivity index (χ0v) is 9.68. The second-order valence-corrected chi connectivity index (χ2v) is 3.91. The molecule has 4 heteroatoms. The van der Waals surface area contributed by atoms with Gasteiger partial charge in [0.1, 0.15) is 12.1 Å². The monoisotopic (exact) mass is 217 g/mol. The van der Waals surface area contributed by atoms with Crippen molar-refractivity contribution >= 4 is 0 Å². The van der Waals surface area contributed by atoms with Gasteiger partial charge >= 0.3 is 0 Å². The molecule has 84 valence electrons. The molecule has 2 heterocycles. The van der Waals surface area contributed by atoms with Crippen molar-refractivity contribution in [3.63, 3.8) is 0 Å². The van der Waals surface area contributed by atoms with Crippen LogP contribution < -0.4 is 0 Å². The van der Waals surface area contributed by atoms with Gasteiger partial charge in [-0.2, -0.15) is 0 Å². The van der Waals surface area contributed by atoms with Gasteiger partial charge in [0.15, 0.2) is 0 Å². The van der Waals surface area contributed by atoms with E-state index in [1.54, 1.807) is 19.4 Å². The van der Waals surface area contributed by atoms with Crippen LogP contribution in [-0.4, -0.2) is 19.6 Å². The van der Waals surface area contributed by atoms with Crippen molar-refractivity contribution in [1.29, 1.82) is 0 Å². The molecule has 0 fully saturated rings. The summed E-state index contributed by atoms with van der Waals surface area (Å²) in [6.07, 6.45) is 2.97. The first-order valence-corrected chi connectivity index (χ1v) is 5.24. The third-order valence-corrected chi connectivity index (χ3v) is 2.75. The fraction of sp³-hybridized carbons (Fsp3) is 0.333. The summed E-state index contributed by atoms with van der Waals surface area (Å²) in [5, 5.41) is 9.38. The molecule has 0 amide bonds. The van der Waals surface area contributed by atoms with Crippen LogP contribution in [0.2, 0.25) is 0 Å². The highest BCUT2D eigenvalue weighted by atomic mass is 16.3. The van der Waals surface area contributed by atoms with E-state index in [0.29, 0.717) is 0 Å². The summed E-state index contributed by atoms with van der Waals surface area (Å²) in [4.78, 5) is 8.53. The molecule has 1 atom stereocenters. The maximum Gasteiger partial charge on any atom is 0.138 e. The predicted octanol–water partition coefficient (Wildman–Crippen LogP) is 1.94. The SMILES string of the molecule is Cc1ncn(-c2ccc([C@H](C)O)cn2)c1C. The highest BCUT2D eigenvalue weighted by Gasteiger charge is 2.06. The quantitative estimate of drug-likeness (QED) is 0.836. The highest BCUT2D eigenvalue weighted by Crippen LogP contribution is 2.15. The molecule has 0 unspecified atom stereocenters. The summed E-state index contributed by atoms with van der Waals surface area (Å²) in [7, 11) is 0. The van der Waals surface area contributed by atoms with Crippen LogP contribution >= 0.6 is 0 Å². The number of hydrogen-bond donors (Lipinski definition) is 1. The van der Waals surface area contributed by atoms with Gasteiger partial charge in [0.05, 0.1) is 11.8 Å². The number of hydrogen-bond acceptors (Lipinski definition) is 3. The smallest absolute Gasteiger partial charge is 0.138 e. The Kier molecular flexibility index (Phi) is 2.75. The standard InChI is InChI=1S/C12H15N3O/c1-8-9(2)15(7-14-8)12-5-4-11(6-13-12)10(3)16/h4-7,10,16H,1-3H3/t10-/m0/s1. The Balaban J connectivity index is 2.38. The minimum atomic E-state index is -0.479. The zero-order chi connectivity index (χ0) is 11.7. The Morgan fingerprint density at radius 3 is 2.44 bits per heavy atom. The second kappa shape index (κ2) is 4.06. The van der Waals surface area contributed by atoms with Crippen molar-refractivity contribution in [2.45, 2.75) is 26.9 Å². The Labute approximate surface area is 94.6 Å². The molecule has 0 spiro atoms. The minimum absolute atomic E-state index is 0.479. The van der Waals surface area contributed by atoms with Gasteiger partial charge in [-0.25, -0.2) is 9.97 Å². The Morgan fingerprint density at radius 2 is 2.00 bits per heavy atom. The predicted molar refractivity (Wildman–Crippen MR) is 61.5 cm³/mol. The summed E-state index contributed by atoms with van der Waals surface area (Å²) >= 11 is 0. The molecule has 0 saturated carbocycles. The van der Waals surface area contributed by atoms with Crippen LogP contribution in [-0.2, 0) is 0 Å². The van der Waals surface area contributed by atoms with Crippen molar-refractivity contribution in [3.05, 3.63) is 41.6 Å². The minimum Gasteiger partial charge on any atom is -0.389 e. The van der Waals surface area contributed by atoms with Crippen LogP contribution in [0.5, 0.6) is 0 Å². The van der Waals surface area contributed by atoms with E-state index in [0.717, 1.165) is 22.8 Å². The number of nitrogens with zero attached hydrogens (tertiary/aromatic N) is 3. The molecule has 2 rings (SSSR count). The maximum absolute atomic E-state index is 9.38. The van der Waals surface area contributed by atoms with Gasteiger partial charge < -0.3 is 5.11 Å². The molecule has 0 bridgehead atoms. The summed E-state index contributed by atoms with van der Waals surface area (Å²) in [6.45, 7) is 5.70. The lowest BCUT2D eigenvalue weighted by molar-refractivity contribution is 0.199. The van der Waals surface area contributed by atoms with Crippen molar-refractivity contribution < 1.29 is 5.11 Å². The topological polar surface area (TPSA) is 50.9 Å². The molecule has 2 aromatic heterocycles. The number of aliphatic hydroxyl groups is 1. The van der Waals surface area contributed by atoms with Gasteiger partial charge in [-0.1, -0.05) is 6.07 Å². The summed E-state index contributed by atoms with van der Waals surface area (Å²) in [5.74, 6) is 0.822. The fourth-order valence-corrected chi connectivity index (χ4v) is 1.52. The van der Waals surface area contributed by atoms with Crippen molar-refractivity contribution in [1.82, 2.24) is 14.5 Å². The van der Waals surface area contributed by atoms with E-state index in [-0.39, 0.29) is 0 Å². The van der Waals surface area contributed by atoms with Crippen LogP contribution in [0.4, 0.5) is 0 Å². The van der Waals surface area contributed by atoms with E-state index >= 15 is 0 Å². The highest BCUT2D eigenvalue weighted by molar-refractivity contribution is 5.30. The normalized spacial score (nSPS) is 12.8. The number of aliphatic hydroxyl groups excluding tert-OH is 1. The first kappa shape index (κ1) is 10.8. The Hall–Kier alpha value is -1.68. The van der Waals surface area contributed by atoms with Crippen molar-refractivity contribution in [2.24, 2.45) is 0 Å². The average Bonchev–Trinajstić information content (AvgIpc) is 2.60. The number of pyridine rings is 1. The summed E-state index contributed by atoms with van der Waals surface area (Å²) < 4.78 is 1.93. The van der Waals surface area contributed by atoms with Gasteiger partial charge in [-0.05, 0) is 32.4 Å². The molecule has 1 N–H and O–H groups in total. The number of rotatable bonds is 2. The van der Waals surface area contributed by atoms with E-state index in [9.17, 15) is 5.11 Å². The first-order valence-electron chi connectivity index (χ1n) is 5.24. The summed E-state index contributed by atoms with van der Waals surface area (Å²) in [5.41, 5.74) is 2.90. The summed E-state index contributed by atoms with van der Waals surface area (Å²) in [6, 6.07) is 3.76. The molecule has 0 aliphatic heterocycles. The zero-order valence-electron chi connectivity index (χ0n) is 9.68. The van der Waals surface area contributed by atoms with E-state index < -0.39 is 6.10 Å². The van der Waals surface area contributed by atoms with E-state index in [4.69, 9.17) is 0 Å². The molecule has 4 nitrogen and oxygen atoms in total. The molecule has 2 aromatic rings. The van der Waals surface area contributed by atoms with Gasteiger partial charge in [-0.3, -0.25) is 4.57 Å². The second-order valence-electron chi connectivity index (χ2n) is 3.91. The van der Waals surface area contributed by atoms with E-state index in [2.05, 4.69) is 9.97 Å². The third-order valence-electron chi connectivity index (χ3n) is 2.75. The third kappa shape index (κ3) is 1.84. The van der Waals surface area contributed by atoms with E-state index in [1.807, 2.05) is 30.5 Å². The lowest BCUT2D eigenvalue weighted by Gasteiger charge is -2.07. The Bertz CT molecular complexity index is 485. The average molecular weight is 217 g/mol. The molecular weight excluding hydrogens is 202 g/mol. The maximum atomic E-state index is 9.38. The first-order chi connectivity index (χ1) is 7.59. The Morgan fingerprint density at radius 1 is 1.25 bits per heavy atom. The molecule has 0 saturated heterocycles. The lowest BCUT2D eigenvalue weighted by atomic mass is 10.2. The number of imidazole rings is 1. The van der Waals surface area contributed by atoms with Crippen LogP contribution in [0, 0.1) is 13.8 Å².